The summed E-state index contributed by atoms with van der Waals surface area (Å²) in [4.78, 5) is 13.9. The van der Waals surface area contributed by atoms with E-state index in [-0.39, 0.29) is 11.3 Å². The standard InChI is InChI=1S/C33H38O2/c1-3-24-8-10-25(11-9-24)20-27-16-18-33(22-27)19-17-28-6-4-5-7-31(28)32(34)29(23-33)21-26-12-14-30(35-2)15-13-26/h4-15,27,29H,3,16-23H2,1-2H3. The van der Waals surface area contributed by atoms with Gasteiger partial charge in [0.05, 0.1) is 7.11 Å². The van der Waals surface area contributed by atoms with Gasteiger partial charge in [0, 0.05) is 11.5 Å². The molecule has 2 heteroatoms. The monoisotopic (exact) mass is 466 g/mol. The fraction of sp³-hybridized carbons (Fsp3) is 0.424. The first-order valence-corrected chi connectivity index (χ1v) is 13.4. The molecule has 3 aromatic rings. The predicted molar refractivity (Wildman–Crippen MR) is 143 cm³/mol. The number of carbonyl (C=O) groups excluding carboxylic acids is 1. The molecule has 3 aromatic carbocycles. The summed E-state index contributed by atoms with van der Waals surface area (Å²) < 4.78 is 5.35. The van der Waals surface area contributed by atoms with Gasteiger partial charge in [0.25, 0.3) is 0 Å². The predicted octanol–water partition coefficient (Wildman–Crippen LogP) is 7.66. The van der Waals surface area contributed by atoms with Crippen LogP contribution >= 0.6 is 0 Å². The van der Waals surface area contributed by atoms with E-state index in [1.54, 1.807) is 7.11 Å². The summed E-state index contributed by atoms with van der Waals surface area (Å²) in [6.45, 7) is 2.21. The molecule has 0 bridgehead atoms. The molecule has 3 unspecified atom stereocenters. The van der Waals surface area contributed by atoms with Crippen molar-refractivity contribution in [2.24, 2.45) is 17.3 Å². The Hall–Kier alpha value is -2.87. The topological polar surface area (TPSA) is 26.3 Å². The van der Waals surface area contributed by atoms with E-state index in [1.807, 2.05) is 24.3 Å². The summed E-state index contributed by atoms with van der Waals surface area (Å²) >= 11 is 0. The molecule has 35 heavy (non-hydrogen) atoms. The first-order chi connectivity index (χ1) is 17.1. The number of hydrogen-bond donors (Lipinski definition) is 0. The van der Waals surface area contributed by atoms with E-state index in [2.05, 4.69) is 55.5 Å². The highest BCUT2D eigenvalue weighted by atomic mass is 16.5. The summed E-state index contributed by atoms with van der Waals surface area (Å²) in [6, 6.07) is 25.9. The lowest BCUT2D eigenvalue weighted by Gasteiger charge is -2.36. The number of hydrogen-bond acceptors (Lipinski definition) is 2. The Kier molecular flexibility index (Phi) is 7.09. The average Bonchev–Trinajstić information content (AvgIpc) is 3.29. The Morgan fingerprint density at radius 1 is 0.829 bits per heavy atom. The van der Waals surface area contributed by atoms with Gasteiger partial charge in [0.15, 0.2) is 5.78 Å². The van der Waals surface area contributed by atoms with Crippen LogP contribution in [0.5, 0.6) is 5.75 Å². The molecule has 0 amide bonds. The molecule has 3 atom stereocenters. The van der Waals surface area contributed by atoms with Crippen LogP contribution in [-0.2, 0) is 25.7 Å². The van der Waals surface area contributed by atoms with Crippen LogP contribution in [0.15, 0.2) is 72.8 Å². The number of methoxy groups -OCH3 is 1. The lowest BCUT2D eigenvalue weighted by molar-refractivity contribution is 0.0838. The highest BCUT2D eigenvalue weighted by Gasteiger charge is 2.43. The van der Waals surface area contributed by atoms with Crippen LogP contribution < -0.4 is 4.74 Å². The fourth-order valence-electron chi connectivity index (χ4n) is 6.68. The highest BCUT2D eigenvalue weighted by Crippen LogP contribution is 2.52. The molecule has 2 aliphatic carbocycles. The number of ketones is 1. The molecule has 2 aliphatic rings. The van der Waals surface area contributed by atoms with Gasteiger partial charge >= 0.3 is 0 Å². The van der Waals surface area contributed by atoms with E-state index < -0.39 is 0 Å². The second-order valence-electron chi connectivity index (χ2n) is 11.0. The van der Waals surface area contributed by atoms with Crippen molar-refractivity contribution in [2.45, 2.75) is 64.7 Å². The molecule has 1 saturated carbocycles. The maximum absolute atomic E-state index is 13.9. The maximum Gasteiger partial charge on any atom is 0.166 e. The molecule has 0 aliphatic heterocycles. The van der Waals surface area contributed by atoms with Gasteiger partial charge in [0.2, 0.25) is 0 Å². The zero-order valence-corrected chi connectivity index (χ0v) is 21.3. The van der Waals surface area contributed by atoms with E-state index in [0.29, 0.717) is 11.7 Å². The van der Waals surface area contributed by atoms with Crippen LogP contribution in [0.4, 0.5) is 0 Å². The van der Waals surface area contributed by atoms with E-state index in [0.717, 1.165) is 37.0 Å². The first-order valence-electron chi connectivity index (χ1n) is 13.4. The number of aryl methyl sites for hydroxylation is 2. The Labute approximate surface area is 210 Å². The number of Topliss-reactive ketones (excluding diaryl/α,β-unsaturated/α-hetero) is 1. The van der Waals surface area contributed by atoms with Crippen LogP contribution in [0.1, 0.15) is 71.6 Å². The van der Waals surface area contributed by atoms with Crippen molar-refractivity contribution in [3.8, 4) is 5.75 Å². The van der Waals surface area contributed by atoms with Crippen LogP contribution in [0.25, 0.3) is 0 Å². The van der Waals surface area contributed by atoms with Crippen LogP contribution in [0, 0.1) is 17.3 Å². The lowest BCUT2D eigenvalue weighted by atomic mass is 9.68. The summed E-state index contributed by atoms with van der Waals surface area (Å²) in [5.74, 6) is 1.96. The number of ether oxygens (including phenoxy) is 1. The minimum absolute atomic E-state index is 0.0347. The minimum Gasteiger partial charge on any atom is -0.497 e. The number of carbonyl (C=O) groups is 1. The molecule has 0 aromatic heterocycles. The van der Waals surface area contributed by atoms with Crippen LogP contribution in [-0.4, -0.2) is 12.9 Å². The molecular formula is C33H38O2. The molecule has 1 fully saturated rings. The zero-order valence-electron chi connectivity index (χ0n) is 21.3. The van der Waals surface area contributed by atoms with Gasteiger partial charge in [-0.15, -0.1) is 0 Å². The van der Waals surface area contributed by atoms with Crippen molar-refractivity contribution in [1.82, 2.24) is 0 Å². The van der Waals surface area contributed by atoms with Gasteiger partial charge in [0.1, 0.15) is 5.75 Å². The van der Waals surface area contributed by atoms with Crippen molar-refractivity contribution in [3.63, 3.8) is 0 Å². The van der Waals surface area contributed by atoms with Crippen molar-refractivity contribution in [2.75, 3.05) is 7.11 Å². The van der Waals surface area contributed by atoms with Gasteiger partial charge in [-0.3, -0.25) is 4.79 Å². The van der Waals surface area contributed by atoms with Gasteiger partial charge < -0.3 is 4.74 Å². The Balaban J connectivity index is 1.38. The molecule has 1 spiro atoms. The van der Waals surface area contributed by atoms with Crippen LogP contribution in [0.3, 0.4) is 0 Å². The van der Waals surface area contributed by atoms with Crippen molar-refractivity contribution in [3.05, 3.63) is 101 Å². The third kappa shape index (κ3) is 5.37. The van der Waals surface area contributed by atoms with E-state index >= 15 is 0 Å². The van der Waals surface area contributed by atoms with Gasteiger partial charge in [-0.1, -0.05) is 67.6 Å². The Morgan fingerprint density at radius 2 is 1.51 bits per heavy atom. The van der Waals surface area contributed by atoms with Crippen LogP contribution in [0.2, 0.25) is 0 Å². The second kappa shape index (κ2) is 10.4. The van der Waals surface area contributed by atoms with E-state index in [1.165, 1.54) is 54.4 Å². The van der Waals surface area contributed by atoms with E-state index in [9.17, 15) is 4.79 Å². The average molecular weight is 467 g/mol. The Morgan fingerprint density at radius 3 is 2.26 bits per heavy atom. The van der Waals surface area contributed by atoms with E-state index in [4.69, 9.17) is 4.74 Å². The lowest BCUT2D eigenvalue weighted by Crippen LogP contribution is -2.31. The highest BCUT2D eigenvalue weighted by molar-refractivity contribution is 5.99. The minimum atomic E-state index is 0.0347. The zero-order chi connectivity index (χ0) is 24.3. The van der Waals surface area contributed by atoms with Gasteiger partial charge in [-0.2, -0.15) is 0 Å². The molecule has 0 N–H and O–H groups in total. The number of benzene rings is 3. The van der Waals surface area contributed by atoms with Crippen molar-refractivity contribution < 1.29 is 9.53 Å². The molecular weight excluding hydrogens is 428 g/mol. The summed E-state index contributed by atoms with van der Waals surface area (Å²) in [7, 11) is 1.70. The summed E-state index contributed by atoms with van der Waals surface area (Å²) in [5.41, 5.74) is 6.57. The largest absolute Gasteiger partial charge is 0.497 e. The maximum atomic E-state index is 13.9. The molecule has 0 heterocycles. The number of rotatable bonds is 6. The second-order valence-corrected chi connectivity index (χ2v) is 11.0. The SMILES string of the molecule is CCc1ccc(CC2CCC3(CCc4ccccc4C(=O)C(Cc4ccc(OC)cc4)C3)C2)cc1. The molecule has 182 valence electrons. The Bertz CT molecular complexity index is 1140. The smallest absolute Gasteiger partial charge is 0.166 e. The molecule has 2 nitrogen and oxygen atoms in total. The quantitative estimate of drug-likeness (QED) is 0.373. The number of fused-ring (bicyclic) bond motifs is 1. The molecule has 0 saturated heterocycles. The first kappa shape index (κ1) is 23.9. The summed E-state index contributed by atoms with van der Waals surface area (Å²) in [5, 5.41) is 0. The van der Waals surface area contributed by atoms with Gasteiger partial charge in [-0.25, -0.2) is 0 Å². The van der Waals surface area contributed by atoms with Gasteiger partial charge in [-0.05, 0) is 104 Å². The molecule has 0 radical (unpaired) electrons. The normalized spacial score (nSPS) is 24.1. The summed E-state index contributed by atoms with van der Waals surface area (Å²) in [6.07, 6.45) is 10.1. The van der Waals surface area contributed by atoms with Crippen molar-refractivity contribution in [1.29, 1.82) is 0 Å². The fourth-order valence-corrected chi connectivity index (χ4v) is 6.68. The third-order valence-corrected chi connectivity index (χ3v) is 8.66. The molecule has 5 rings (SSSR count). The third-order valence-electron chi connectivity index (χ3n) is 8.66. The van der Waals surface area contributed by atoms with Crippen molar-refractivity contribution >= 4 is 5.78 Å².